The zero-order chi connectivity index (χ0) is 18.1. The molecule has 7 heteroatoms. The van der Waals surface area contributed by atoms with Crippen LogP contribution in [0.5, 0.6) is 11.5 Å². The third kappa shape index (κ3) is 2.79. The van der Waals surface area contributed by atoms with Crippen LogP contribution in [-0.2, 0) is 9.53 Å². The van der Waals surface area contributed by atoms with Gasteiger partial charge in [-0.05, 0) is 35.9 Å². The molecule has 0 bridgehead atoms. The number of ether oxygens (including phenoxy) is 3. The summed E-state index contributed by atoms with van der Waals surface area (Å²) in [5.74, 6) is -0.364. The molecule has 0 atom stereocenters. The van der Waals surface area contributed by atoms with Gasteiger partial charge < -0.3 is 14.2 Å². The summed E-state index contributed by atoms with van der Waals surface area (Å²) in [4.78, 5) is 37.1. The Kier molecular flexibility index (Phi) is 3.89. The number of amides is 2. The van der Waals surface area contributed by atoms with Crippen LogP contribution in [0.3, 0.4) is 0 Å². The topological polar surface area (TPSA) is 82.1 Å². The van der Waals surface area contributed by atoms with Gasteiger partial charge >= 0.3 is 5.97 Å². The van der Waals surface area contributed by atoms with Crippen LogP contribution in [0.1, 0.15) is 26.3 Å². The average Bonchev–Trinajstić information content (AvgIpc) is 3.22. The molecule has 130 valence electrons. The first-order valence-electron chi connectivity index (χ1n) is 7.83. The summed E-state index contributed by atoms with van der Waals surface area (Å²) in [5.41, 5.74) is 1.35. The lowest BCUT2D eigenvalue weighted by atomic mass is 10.1. The van der Waals surface area contributed by atoms with Crippen molar-refractivity contribution in [1.82, 2.24) is 4.90 Å². The molecule has 0 aliphatic carbocycles. The molecule has 0 aromatic heterocycles. The molecule has 26 heavy (non-hydrogen) atoms. The van der Waals surface area contributed by atoms with Crippen LogP contribution >= 0.6 is 0 Å². The molecule has 2 amide bonds. The van der Waals surface area contributed by atoms with Crippen LogP contribution in [-0.4, -0.2) is 36.2 Å². The van der Waals surface area contributed by atoms with Crippen molar-refractivity contribution in [2.24, 2.45) is 0 Å². The van der Waals surface area contributed by atoms with E-state index >= 15 is 0 Å². The summed E-state index contributed by atoms with van der Waals surface area (Å²) in [5, 5.41) is 0. The maximum Gasteiger partial charge on any atom is 0.332 e. The predicted octanol–water partition coefficient (Wildman–Crippen LogP) is 2.23. The molecule has 0 spiro atoms. The number of nitrogens with zero attached hydrogens (tertiary/aromatic N) is 1. The average molecular weight is 351 g/mol. The highest BCUT2D eigenvalue weighted by atomic mass is 16.7. The van der Waals surface area contributed by atoms with E-state index in [0.717, 1.165) is 10.5 Å². The normalized spacial score (nSPS) is 14.8. The Morgan fingerprint density at radius 2 is 1.73 bits per heavy atom. The number of hydrogen-bond donors (Lipinski definition) is 0. The van der Waals surface area contributed by atoms with Crippen molar-refractivity contribution >= 4 is 23.9 Å². The Bertz CT molecular complexity index is 914. The first kappa shape index (κ1) is 15.9. The monoisotopic (exact) mass is 351 g/mol. The van der Waals surface area contributed by atoms with Gasteiger partial charge in [0.25, 0.3) is 11.8 Å². The van der Waals surface area contributed by atoms with Crippen molar-refractivity contribution in [3.63, 3.8) is 0 Å². The fourth-order valence-corrected chi connectivity index (χ4v) is 2.71. The van der Waals surface area contributed by atoms with Crippen LogP contribution in [0, 0.1) is 0 Å². The fraction of sp³-hybridized carbons (Fsp3) is 0.105. The van der Waals surface area contributed by atoms with Crippen LogP contribution in [0.15, 0.2) is 48.5 Å². The SMILES string of the molecule is O=C(/C=C/c1ccc2c(c1)OCO2)OCN1C(=O)c2ccccc2C1=O. The molecule has 2 aromatic rings. The number of imide groups is 1. The van der Waals surface area contributed by atoms with Crippen molar-refractivity contribution in [3.05, 3.63) is 65.2 Å². The van der Waals surface area contributed by atoms with Gasteiger partial charge in [-0.15, -0.1) is 0 Å². The van der Waals surface area contributed by atoms with Crippen molar-refractivity contribution in [2.45, 2.75) is 0 Å². The molecule has 0 saturated carbocycles. The highest BCUT2D eigenvalue weighted by Crippen LogP contribution is 2.32. The zero-order valence-corrected chi connectivity index (χ0v) is 13.5. The van der Waals surface area contributed by atoms with Gasteiger partial charge in [-0.2, -0.15) is 0 Å². The van der Waals surface area contributed by atoms with Crippen molar-refractivity contribution in [2.75, 3.05) is 13.5 Å². The van der Waals surface area contributed by atoms with E-state index < -0.39 is 24.5 Å². The third-order valence-corrected chi connectivity index (χ3v) is 4.02. The number of fused-ring (bicyclic) bond motifs is 2. The summed E-state index contributed by atoms with van der Waals surface area (Å²) < 4.78 is 15.5. The molecule has 2 aliphatic rings. The van der Waals surface area contributed by atoms with Crippen LogP contribution < -0.4 is 9.47 Å². The Labute approximate surface area is 148 Å². The van der Waals surface area contributed by atoms with E-state index in [1.165, 1.54) is 6.08 Å². The van der Waals surface area contributed by atoms with Crippen LogP contribution in [0.25, 0.3) is 6.08 Å². The quantitative estimate of drug-likeness (QED) is 0.477. The smallest absolute Gasteiger partial charge is 0.332 e. The molecule has 2 heterocycles. The molecule has 0 saturated heterocycles. The van der Waals surface area contributed by atoms with Crippen molar-refractivity contribution < 1.29 is 28.6 Å². The Morgan fingerprint density at radius 3 is 2.46 bits per heavy atom. The largest absolute Gasteiger partial charge is 0.454 e. The second-order valence-corrected chi connectivity index (χ2v) is 5.62. The molecular formula is C19H13NO6. The van der Waals surface area contributed by atoms with Gasteiger partial charge in [-0.25, -0.2) is 9.69 Å². The Hall–Kier alpha value is -3.61. The summed E-state index contributed by atoms with van der Waals surface area (Å²) in [6.45, 7) is -0.262. The minimum atomic E-state index is -0.667. The Morgan fingerprint density at radius 1 is 1.04 bits per heavy atom. The van der Waals surface area contributed by atoms with Gasteiger partial charge in [0, 0.05) is 6.08 Å². The predicted molar refractivity (Wildman–Crippen MR) is 89.5 cm³/mol. The van der Waals surface area contributed by atoms with Crippen molar-refractivity contribution in [1.29, 1.82) is 0 Å². The minimum absolute atomic E-state index is 0.171. The van der Waals surface area contributed by atoms with Gasteiger partial charge in [0.1, 0.15) is 0 Å². The standard InChI is InChI=1S/C19H13NO6/c21-17(8-6-12-5-7-15-16(9-12)26-11-25-15)24-10-20-18(22)13-3-1-2-4-14(13)19(20)23/h1-9H,10-11H2/b8-6+. The first-order chi connectivity index (χ1) is 12.6. The number of hydrogen-bond acceptors (Lipinski definition) is 6. The number of rotatable bonds is 4. The van der Waals surface area contributed by atoms with E-state index in [9.17, 15) is 14.4 Å². The second-order valence-electron chi connectivity index (χ2n) is 5.62. The van der Waals surface area contributed by atoms with Crippen LogP contribution in [0.2, 0.25) is 0 Å². The van der Waals surface area contributed by atoms with E-state index in [4.69, 9.17) is 14.2 Å². The molecule has 0 radical (unpaired) electrons. The van der Waals surface area contributed by atoms with Gasteiger partial charge in [-0.1, -0.05) is 18.2 Å². The highest BCUT2D eigenvalue weighted by Gasteiger charge is 2.35. The highest BCUT2D eigenvalue weighted by molar-refractivity contribution is 6.21. The molecular weight excluding hydrogens is 338 g/mol. The van der Waals surface area contributed by atoms with Gasteiger partial charge in [0.15, 0.2) is 18.2 Å². The molecule has 0 N–H and O–H groups in total. The number of carbonyl (C=O) groups excluding carboxylic acids is 3. The maximum atomic E-state index is 12.2. The zero-order valence-electron chi connectivity index (χ0n) is 13.5. The van der Waals surface area contributed by atoms with E-state index in [-0.39, 0.29) is 6.79 Å². The summed E-state index contributed by atoms with van der Waals surface area (Å²) in [7, 11) is 0. The number of carbonyl (C=O) groups is 3. The first-order valence-corrected chi connectivity index (χ1v) is 7.83. The van der Waals surface area contributed by atoms with E-state index in [0.29, 0.717) is 22.6 Å². The summed E-state index contributed by atoms with van der Waals surface area (Å²) in [6, 6.07) is 11.7. The van der Waals surface area contributed by atoms with Crippen molar-refractivity contribution in [3.8, 4) is 11.5 Å². The van der Waals surface area contributed by atoms with Gasteiger partial charge in [0.05, 0.1) is 11.1 Å². The molecule has 7 nitrogen and oxygen atoms in total. The molecule has 0 unspecified atom stereocenters. The summed E-state index contributed by atoms with van der Waals surface area (Å²) >= 11 is 0. The Balaban J connectivity index is 1.37. The van der Waals surface area contributed by atoms with Gasteiger partial charge in [-0.3, -0.25) is 9.59 Å². The number of esters is 1. The lowest BCUT2D eigenvalue weighted by molar-refractivity contribution is -0.140. The summed E-state index contributed by atoms with van der Waals surface area (Å²) in [6.07, 6.45) is 2.77. The van der Waals surface area contributed by atoms with E-state index in [2.05, 4.69) is 0 Å². The fourth-order valence-electron chi connectivity index (χ4n) is 2.71. The van der Waals surface area contributed by atoms with E-state index in [1.807, 2.05) is 0 Å². The lowest BCUT2D eigenvalue weighted by Crippen LogP contribution is -2.32. The van der Waals surface area contributed by atoms with E-state index in [1.54, 1.807) is 48.5 Å². The molecule has 0 fully saturated rings. The van der Waals surface area contributed by atoms with Gasteiger partial charge in [0.2, 0.25) is 6.79 Å². The lowest BCUT2D eigenvalue weighted by Gasteiger charge is -2.12. The molecule has 2 aliphatic heterocycles. The molecule has 4 rings (SSSR count). The van der Waals surface area contributed by atoms with Crippen LogP contribution in [0.4, 0.5) is 0 Å². The molecule has 2 aromatic carbocycles. The third-order valence-electron chi connectivity index (χ3n) is 4.02. The number of benzene rings is 2. The maximum absolute atomic E-state index is 12.2. The minimum Gasteiger partial charge on any atom is -0.454 e. The second kappa shape index (κ2) is 6.36.